The Hall–Kier alpha value is -0.180. The molecule has 0 amide bonds. The lowest BCUT2D eigenvalue weighted by Gasteiger charge is -2.29. The fraction of sp³-hybridized carbons (Fsp3) is 0.889. The Labute approximate surface area is 77.7 Å². The molecule has 2 unspecified atom stereocenters. The largest absolute Gasteiger partial charge is 0.481 e. The van der Waals surface area contributed by atoms with Gasteiger partial charge in [-0.15, -0.1) is 0 Å². The molecular weight excluding hydrogens is 172 g/mol. The van der Waals surface area contributed by atoms with Crippen LogP contribution in [0.1, 0.15) is 20.8 Å². The van der Waals surface area contributed by atoms with Gasteiger partial charge in [0.05, 0.1) is 5.92 Å². The summed E-state index contributed by atoms with van der Waals surface area (Å²) < 4.78 is 0. The van der Waals surface area contributed by atoms with Crippen molar-refractivity contribution in [3.63, 3.8) is 0 Å². The third kappa shape index (κ3) is 1.94. The van der Waals surface area contributed by atoms with Crippen molar-refractivity contribution in [2.24, 2.45) is 17.3 Å². The van der Waals surface area contributed by atoms with E-state index in [4.69, 9.17) is 5.11 Å². The standard InChI is InChI=1S/C9H16O2S/c1-9(2,3)7-5-12-4-6(7)8(10)11/h6-7H,4-5H2,1-3H3,(H,10,11). The Morgan fingerprint density at radius 1 is 1.42 bits per heavy atom. The van der Waals surface area contributed by atoms with Gasteiger partial charge in [-0.05, 0) is 17.1 Å². The molecule has 0 radical (unpaired) electrons. The molecule has 1 rings (SSSR count). The summed E-state index contributed by atoms with van der Waals surface area (Å²) in [5, 5.41) is 8.93. The van der Waals surface area contributed by atoms with E-state index in [0.29, 0.717) is 5.92 Å². The fourth-order valence-electron chi connectivity index (χ4n) is 1.65. The van der Waals surface area contributed by atoms with Gasteiger partial charge in [0, 0.05) is 5.75 Å². The molecule has 3 heteroatoms. The highest BCUT2D eigenvalue weighted by Crippen LogP contribution is 2.41. The van der Waals surface area contributed by atoms with Gasteiger partial charge in [-0.25, -0.2) is 0 Å². The van der Waals surface area contributed by atoms with Crippen molar-refractivity contribution in [2.45, 2.75) is 20.8 Å². The molecule has 1 saturated heterocycles. The van der Waals surface area contributed by atoms with Crippen LogP contribution >= 0.6 is 11.8 Å². The zero-order valence-corrected chi connectivity index (χ0v) is 8.65. The number of carboxylic acids is 1. The van der Waals surface area contributed by atoms with Crippen LogP contribution in [0.25, 0.3) is 0 Å². The van der Waals surface area contributed by atoms with Crippen molar-refractivity contribution in [3.05, 3.63) is 0 Å². The smallest absolute Gasteiger partial charge is 0.307 e. The van der Waals surface area contributed by atoms with Crippen LogP contribution in [0.4, 0.5) is 0 Å². The highest BCUT2D eigenvalue weighted by molar-refractivity contribution is 7.99. The van der Waals surface area contributed by atoms with Crippen molar-refractivity contribution >= 4 is 17.7 Å². The summed E-state index contributed by atoms with van der Waals surface area (Å²) in [7, 11) is 0. The molecule has 0 saturated carbocycles. The number of hydrogen-bond donors (Lipinski definition) is 1. The van der Waals surface area contributed by atoms with Gasteiger partial charge in [0.25, 0.3) is 0 Å². The normalized spacial score (nSPS) is 30.6. The topological polar surface area (TPSA) is 37.3 Å². The Balaban J connectivity index is 2.71. The minimum Gasteiger partial charge on any atom is -0.481 e. The third-order valence-electron chi connectivity index (χ3n) is 2.51. The molecule has 0 bridgehead atoms. The first-order valence-corrected chi connectivity index (χ1v) is 5.39. The molecule has 2 atom stereocenters. The molecule has 1 N–H and O–H groups in total. The lowest BCUT2D eigenvalue weighted by molar-refractivity contribution is -0.143. The number of carbonyl (C=O) groups is 1. The molecule has 0 aromatic carbocycles. The molecule has 70 valence electrons. The molecule has 0 aromatic heterocycles. The van der Waals surface area contributed by atoms with E-state index in [9.17, 15) is 4.79 Å². The van der Waals surface area contributed by atoms with Gasteiger partial charge >= 0.3 is 5.97 Å². The van der Waals surface area contributed by atoms with Crippen LogP contribution in [0.3, 0.4) is 0 Å². The fourth-order valence-corrected chi connectivity index (χ4v) is 3.40. The van der Waals surface area contributed by atoms with Gasteiger partial charge in [0.15, 0.2) is 0 Å². The van der Waals surface area contributed by atoms with Gasteiger partial charge < -0.3 is 5.11 Å². The zero-order chi connectivity index (χ0) is 9.35. The van der Waals surface area contributed by atoms with E-state index in [1.165, 1.54) is 0 Å². The predicted molar refractivity (Wildman–Crippen MR) is 51.4 cm³/mol. The van der Waals surface area contributed by atoms with E-state index in [1.807, 2.05) is 0 Å². The third-order valence-corrected chi connectivity index (χ3v) is 3.70. The number of thioether (sulfide) groups is 1. The molecular formula is C9H16O2S. The van der Waals surface area contributed by atoms with Crippen LogP contribution < -0.4 is 0 Å². The number of hydrogen-bond acceptors (Lipinski definition) is 2. The second-order valence-corrected chi connectivity index (χ2v) is 5.53. The summed E-state index contributed by atoms with van der Waals surface area (Å²) >= 11 is 1.76. The predicted octanol–water partition coefficient (Wildman–Crippen LogP) is 2.10. The Bertz CT molecular complexity index is 183. The Morgan fingerprint density at radius 2 is 2.00 bits per heavy atom. The Kier molecular flexibility index (Phi) is 2.71. The zero-order valence-electron chi connectivity index (χ0n) is 7.83. The molecule has 2 nitrogen and oxygen atoms in total. The van der Waals surface area contributed by atoms with Crippen LogP contribution in [0, 0.1) is 17.3 Å². The van der Waals surface area contributed by atoms with Gasteiger partial charge in [0.1, 0.15) is 0 Å². The van der Waals surface area contributed by atoms with Crippen LogP contribution in [-0.4, -0.2) is 22.6 Å². The summed E-state index contributed by atoms with van der Waals surface area (Å²) in [5.41, 5.74) is 0.132. The second kappa shape index (κ2) is 3.29. The maximum Gasteiger partial charge on any atom is 0.307 e. The van der Waals surface area contributed by atoms with Crippen molar-refractivity contribution in [2.75, 3.05) is 11.5 Å². The van der Waals surface area contributed by atoms with Crippen LogP contribution in [0.5, 0.6) is 0 Å². The molecule has 0 spiro atoms. The molecule has 0 aliphatic carbocycles. The number of rotatable bonds is 1. The first kappa shape index (κ1) is 9.90. The summed E-state index contributed by atoms with van der Waals surface area (Å²) in [6.45, 7) is 6.37. The van der Waals surface area contributed by atoms with Gasteiger partial charge in [-0.3, -0.25) is 4.79 Å². The van der Waals surface area contributed by atoms with E-state index in [1.54, 1.807) is 11.8 Å². The highest BCUT2D eigenvalue weighted by atomic mass is 32.2. The van der Waals surface area contributed by atoms with Gasteiger partial charge in [0.2, 0.25) is 0 Å². The van der Waals surface area contributed by atoms with Crippen molar-refractivity contribution in [1.82, 2.24) is 0 Å². The van der Waals surface area contributed by atoms with E-state index in [-0.39, 0.29) is 11.3 Å². The second-order valence-electron chi connectivity index (χ2n) is 4.45. The lowest BCUT2D eigenvalue weighted by Crippen LogP contribution is -2.31. The average molecular weight is 188 g/mol. The first-order chi connectivity index (χ1) is 5.43. The quantitative estimate of drug-likeness (QED) is 0.684. The minimum absolute atomic E-state index is 0.130. The van der Waals surface area contributed by atoms with Crippen LogP contribution in [0.15, 0.2) is 0 Å². The first-order valence-electron chi connectivity index (χ1n) is 4.23. The maximum atomic E-state index is 10.8. The molecule has 1 aliphatic rings. The van der Waals surface area contributed by atoms with Crippen LogP contribution in [0.2, 0.25) is 0 Å². The van der Waals surface area contributed by atoms with E-state index >= 15 is 0 Å². The molecule has 12 heavy (non-hydrogen) atoms. The average Bonchev–Trinajstić information content (AvgIpc) is 2.30. The maximum absolute atomic E-state index is 10.8. The monoisotopic (exact) mass is 188 g/mol. The minimum atomic E-state index is -0.625. The number of carboxylic acid groups (broad SMARTS) is 1. The van der Waals surface area contributed by atoms with Crippen molar-refractivity contribution < 1.29 is 9.90 Å². The van der Waals surface area contributed by atoms with E-state index in [0.717, 1.165) is 11.5 Å². The van der Waals surface area contributed by atoms with Crippen molar-refractivity contribution in [1.29, 1.82) is 0 Å². The summed E-state index contributed by atoms with van der Waals surface area (Å²) in [5.74, 6) is 1.37. The summed E-state index contributed by atoms with van der Waals surface area (Å²) in [4.78, 5) is 10.8. The molecule has 1 aliphatic heterocycles. The molecule has 1 fully saturated rings. The summed E-state index contributed by atoms with van der Waals surface area (Å²) in [6, 6.07) is 0. The van der Waals surface area contributed by atoms with Crippen LogP contribution in [-0.2, 0) is 4.79 Å². The van der Waals surface area contributed by atoms with Gasteiger partial charge in [-0.1, -0.05) is 20.8 Å². The number of aliphatic carboxylic acids is 1. The summed E-state index contributed by atoms with van der Waals surface area (Å²) in [6.07, 6.45) is 0. The lowest BCUT2D eigenvalue weighted by atomic mass is 9.75. The van der Waals surface area contributed by atoms with E-state index < -0.39 is 5.97 Å². The van der Waals surface area contributed by atoms with Gasteiger partial charge in [-0.2, -0.15) is 11.8 Å². The molecule has 0 aromatic rings. The SMILES string of the molecule is CC(C)(C)C1CSCC1C(=O)O. The van der Waals surface area contributed by atoms with Crippen molar-refractivity contribution in [3.8, 4) is 0 Å². The highest BCUT2D eigenvalue weighted by Gasteiger charge is 2.40. The Morgan fingerprint density at radius 3 is 2.33 bits per heavy atom. The molecule has 1 heterocycles. The van der Waals surface area contributed by atoms with E-state index in [2.05, 4.69) is 20.8 Å².